The fraction of sp³-hybridized carbons (Fsp3) is 0. The van der Waals surface area contributed by atoms with Crippen LogP contribution in [-0.2, 0) is 0 Å². The van der Waals surface area contributed by atoms with Gasteiger partial charge in [-0.3, -0.25) is 0 Å². The summed E-state index contributed by atoms with van der Waals surface area (Å²) in [6.45, 7) is 0. The van der Waals surface area contributed by atoms with Gasteiger partial charge in [0.1, 0.15) is 0 Å². The molecule has 1 aliphatic rings. The second-order valence-corrected chi connectivity index (χ2v) is 11.0. The molecule has 3 heteroatoms. The molecule has 6 aromatic carbocycles. The lowest BCUT2D eigenvalue weighted by Crippen LogP contribution is -1.97. The highest BCUT2D eigenvalue weighted by Crippen LogP contribution is 2.46. The molecule has 0 saturated heterocycles. The third kappa shape index (κ3) is 3.68. The normalized spacial score (nSPS) is 11.7. The summed E-state index contributed by atoms with van der Waals surface area (Å²) in [6.07, 6.45) is 0. The minimum atomic E-state index is 0.713. The van der Waals surface area contributed by atoms with Crippen molar-refractivity contribution in [2.24, 2.45) is 0 Å². The first-order valence-electron chi connectivity index (χ1n) is 14.6. The molecular formula is C40H25N3. The minimum absolute atomic E-state index is 0.713. The number of benzene rings is 6. The van der Waals surface area contributed by atoms with Crippen LogP contribution >= 0.6 is 0 Å². The molecule has 0 fully saturated rings. The Balaban J connectivity index is 1.34. The Hall–Kier alpha value is -5.80. The van der Waals surface area contributed by atoms with Crippen LogP contribution in [0.15, 0.2) is 152 Å². The molecule has 0 amide bonds. The number of hydrogen-bond acceptors (Lipinski definition) is 2. The predicted octanol–water partition coefficient (Wildman–Crippen LogP) is 10.2. The monoisotopic (exact) mass is 547 g/mol. The first-order valence-corrected chi connectivity index (χ1v) is 14.6. The molecule has 0 radical (unpaired) electrons. The van der Waals surface area contributed by atoms with E-state index in [1.165, 1.54) is 44.2 Å². The molecule has 2 aromatic heterocycles. The molecule has 0 N–H and O–H groups in total. The lowest BCUT2D eigenvalue weighted by atomic mass is 9.94. The van der Waals surface area contributed by atoms with Crippen molar-refractivity contribution in [3.8, 4) is 61.8 Å². The third-order valence-electron chi connectivity index (χ3n) is 8.56. The molecule has 1 aliphatic heterocycles. The van der Waals surface area contributed by atoms with Gasteiger partial charge in [-0.15, -0.1) is 0 Å². The SMILES string of the molecule is c1ccc(-c2cc(-c3ccccc3)nc(-c3ccc4c5cccc6c5n(c4c3)-c3ccccc3-c3ccccc3-6)n2)cc1. The molecule has 3 heterocycles. The molecular weight excluding hydrogens is 522 g/mol. The maximum absolute atomic E-state index is 5.12. The van der Waals surface area contributed by atoms with Crippen LogP contribution in [0.25, 0.3) is 83.6 Å². The summed E-state index contributed by atoms with van der Waals surface area (Å²) in [7, 11) is 0. The van der Waals surface area contributed by atoms with E-state index in [9.17, 15) is 0 Å². The molecule has 0 saturated carbocycles. The molecule has 9 rings (SSSR count). The molecule has 0 spiro atoms. The highest BCUT2D eigenvalue weighted by Gasteiger charge is 2.24. The van der Waals surface area contributed by atoms with Gasteiger partial charge in [0.2, 0.25) is 0 Å². The van der Waals surface area contributed by atoms with Crippen LogP contribution in [0.4, 0.5) is 0 Å². The zero-order valence-electron chi connectivity index (χ0n) is 23.3. The van der Waals surface area contributed by atoms with E-state index in [0.29, 0.717) is 5.82 Å². The number of aromatic nitrogens is 3. The van der Waals surface area contributed by atoms with E-state index < -0.39 is 0 Å². The first-order chi connectivity index (χ1) is 21.3. The Kier molecular flexibility index (Phi) is 5.20. The van der Waals surface area contributed by atoms with Crippen molar-refractivity contribution in [2.45, 2.75) is 0 Å². The topological polar surface area (TPSA) is 30.7 Å². The zero-order chi connectivity index (χ0) is 28.3. The van der Waals surface area contributed by atoms with Crippen LogP contribution in [0, 0.1) is 0 Å². The van der Waals surface area contributed by atoms with E-state index in [4.69, 9.17) is 9.97 Å². The smallest absolute Gasteiger partial charge is 0.160 e. The number of nitrogens with zero attached hydrogens (tertiary/aromatic N) is 3. The maximum atomic E-state index is 5.12. The Morgan fingerprint density at radius 1 is 0.395 bits per heavy atom. The number of para-hydroxylation sites is 2. The molecule has 0 aliphatic carbocycles. The minimum Gasteiger partial charge on any atom is -0.308 e. The Morgan fingerprint density at radius 3 is 1.67 bits per heavy atom. The molecule has 0 bridgehead atoms. The molecule has 3 nitrogen and oxygen atoms in total. The van der Waals surface area contributed by atoms with E-state index in [1.807, 2.05) is 12.1 Å². The summed E-state index contributed by atoms with van der Waals surface area (Å²) >= 11 is 0. The van der Waals surface area contributed by atoms with Crippen molar-refractivity contribution in [3.63, 3.8) is 0 Å². The summed E-state index contributed by atoms with van der Waals surface area (Å²) < 4.78 is 2.44. The van der Waals surface area contributed by atoms with E-state index in [0.717, 1.165) is 33.6 Å². The largest absolute Gasteiger partial charge is 0.308 e. The van der Waals surface area contributed by atoms with E-state index in [2.05, 4.69) is 144 Å². The van der Waals surface area contributed by atoms with Gasteiger partial charge in [0.05, 0.1) is 28.1 Å². The number of rotatable bonds is 3. The van der Waals surface area contributed by atoms with Gasteiger partial charge < -0.3 is 4.57 Å². The maximum Gasteiger partial charge on any atom is 0.160 e. The lowest BCUT2D eigenvalue weighted by molar-refractivity contribution is 1.17. The average Bonchev–Trinajstić information content (AvgIpc) is 3.36. The number of fused-ring (bicyclic) bond motifs is 8. The van der Waals surface area contributed by atoms with Crippen LogP contribution in [0.5, 0.6) is 0 Å². The van der Waals surface area contributed by atoms with Gasteiger partial charge in [0.15, 0.2) is 5.82 Å². The Bertz CT molecular complexity index is 2280. The summed E-state index contributed by atoms with van der Waals surface area (Å²) in [6, 6.07) is 53.6. The average molecular weight is 548 g/mol. The van der Waals surface area contributed by atoms with Gasteiger partial charge in [-0.2, -0.15) is 0 Å². The van der Waals surface area contributed by atoms with Crippen molar-refractivity contribution >= 4 is 21.8 Å². The van der Waals surface area contributed by atoms with Crippen LogP contribution in [0.3, 0.4) is 0 Å². The van der Waals surface area contributed by atoms with Crippen molar-refractivity contribution in [1.29, 1.82) is 0 Å². The third-order valence-corrected chi connectivity index (χ3v) is 8.56. The van der Waals surface area contributed by atoms with Gasteiger partial charge in [-0.1, -0.05) is 133 Å². The van der Waals surface area contributed by atoms with Crippen LogP contribution < -0.4 is 0 Å². The second kappa shape index (κ2) is 9.37. The summed E-state index contributed by atoms with van der Waals surface area (Å²) in [4.78, 5) is 10.2. The van der Waals surface area contributed by atoms with Crippen molar-refractivity contribution in [3.05, 3.63) is 152 Å². The molecule has 0 atom stereocenters. The lowest BCUT2D eigenvalue weighted by Gasteiger charge is -2.13. The van der Waals surface area contributed by atoms with Crippen molar-refractivity contribution in [1.82, 2.24) is 14.5 Å². The fourth-order valence-corrected chi connectivity index (χ4v) is 6.61. The van der Waals surface area contributed by atoms with Gasteiger partial charge in [0.25, 0.3) is 0 Å². The van der Waals surface area contributed by atoms with Gasteiger partial charge >= 0.3 is 0 Å². The Morgan fingerprint density at radius 2 is 0.977 bits per heavy atom. The van der Waals surface area contributed by atoms with Crippen LogP contribution in [-0.4, -0.2) is 14.5 Å². The standard InChI is InChI=1S/C40H25N3/c1-3-12-26(13-4-1)35-25-36(27-14-5-2-6-15-27)42-40(41-35)28-22-23-32-34-20-11-19-33-30-17-8-7-16-29(30)31-18-9-10-21-37(31)43(39(33)34)38(32)24-28/h1-25H. The molecule has 8 aromatic rings. The Labute approximate surface area is 249 Å². The predicted molar refractivity (Wildman–Crippen MR) is 177 cm³/mol. The van der Waals surface area contributed by atoms with Gasteiger partial charge in [-0.25, -0.2) is 9.97 Å². The van der Waals surface area contributed by atoms with E-state index >= 15 is 0 Å². The van der Waals surface area contributed by atoms with E-state index in [-0.39, 0.29) is 0 Å². The first kappa shape index (κ1) is 23.9. The zero-order valence-corrected chi connectivity index (χ0v) is 23.3. The molecule has 200 valence electrons. The second-order valence-electron chi connectivity index (χ2n) is 11.0. The fourth-order valence-electron chi connectivity index (χ4n) is 6.61. The van der Waals surface area contributed by atoms with Gasteiger partial charge in [0, 0.05) is 38.6 Å². The molecule has 43 heavy (non-hydrogen) atoms. The van der Waals surface area contributed by atoms with Crippen LogP contribution in [0.2, 0.25) is 0 Å². The van der Waals surface area contributed by atoms with Gasteiger partial charge in [-0.05, 0) is 29.3 Å². The quantitative estimate of drug-likeness (QED) is 0.220. The van der Waals surface area contributed by atoms with Crippen LogP contribution in [0.1, 0.15) is 0 Å². The molecule has 0 unspecified atom stereocenters. The van der Waals surface area contributed by atoms with E-state index in [1.54, 1.807) is 0 Å². The summed E-state index contributed by atoms with van der Waals surface area (Å²) in [5.74, 6) is 0.713. The summed E-state index contributed by atoms with van der Waals surface area (Å²) in [5.41, 5.74) is 13.5. The number of hydrogen-bond donors (Lipinski definition) is 0. The van der Waals surface area contributed by atoms with Crippen molar-refractivity contribution < 1.29 is 0 Å². The highest BCUT2D eigenvalue weighted by atomic mass is 15.0. The van der Waals surface area contributed by atoms with Crippen molar-refractivity contribution in [2.75, 3.05) is 0 Å². The summed E-state index contributed by atoms with van der Waals surface area (Å²) in [5, 5.41) is 2.46. The highest BCUT2D eigenvalue weighted by molar-refractivity contribution is 6.16.